The van der Waals surface area contributed by atoms with Crippen molar-refractivity contribution in [1.29, 1.82) is 0 Å². The lowest BCUT2D eigenvalue weighted by Crippen LogP contribution is -2.10. The first-order valence-corrected chi connectivity index (χ1v) is 10.7. The van der Waals surface area contributed by atoms with Crippen molar-refractivity contribution in [2.45, 2.75) is 31.6 Å². The maximum Gasteiger partial charge on any atom is 0.339 e. The van der Waals surface area contributed by atoms with Gasteiger partial charge in [-0.25, -0.2) is 0 Å². The van der Waals surface area contributed by atoms with E-state index >= 15 is 0 Å². The quantitative estimate of drug-likeness (QED) is 0.367. The van der Waals surface area contributed by atoms with Gasteiger partial charge in [-0.1, -0.05) is 61.4 Å². The predicted octanol–water partition coefficient (Wildman–Crippen LogP) is 5.61. The molecule has 0 saturated heterocycles. The molecular formula is C23H24O4S. The summed E-state index contributed by atoms with van der Waals surface area (Å²) in [6.07, 6.45) is 2.09. The van der Waals surface area contributed by atoms with Crippen LogP contribution in [0.5, 0.6) is 11.5 Å². The monoisotopic (exact) mass is 396 g/mol. The molecule has 3 aromatic rings. The Morgan fingerprint density at radius 1 is 0.857 bits per heavy atom. The van der Waals surface area contributed by atoms with Crippen molar-refractivity contribution in [3.63, 3.8) is 0 Å². The van der Waals surface area contributed by atoms with E-state index in [1.165, 1.54) is 0 Å². The summed E-state index contributed by atoms with van der Waals surface area (Å²) < 4.78 is 36.5. The van der Waals surface area contributed by atoms with Crippen LogP contribution in [0.3, 0.4) is 0 Å². The van der Waals surface area contributed by atoms with Crippen LogP contribution in [0.1, 0.15) is 25.3 Å². The molecule has 0 atom stereocenters. The van der Waals surface area contributed by atoms with E-state index in [1.54, 1.807) is 36.4 Å². The second-order valence-electron chi connectivity index (χ2n) is 6.57. The summed E-state index contributed by atoms with van der Waals surface area (Å²) >= 11 is 0. The Kier molecular flexibility index (Phi) is 6.37. The fraction of sp³-hybridized carbons (Fsp3) is 0.217. The Morgan fingerprint density at radius 2 is 1.54 bits per heavy atom. The average Bonchev–Trinajstić information content (AvgIpc) is 2.69. The number of hydrogen-bond donors (Lipinski definition) is 0. The minimum atomic E-state index is -3.91. The fourth-order valence-electron chi connectivity index (χ4n) is 2.71. The van der Waals surface area contributed by atoms with Gasteiger partial charge in [-0.15, -0.1) is 0 Å². The van der Waals surface area contributed by atoms with Crippen LogP contribution < -0.4 is 8.92 Å². The second kappa shape index (κ2) is 8.93. The molecule has 5 heteroatoms. The van der Waals surface area contributed by atoms with E-state index in [0.29, 0.717) is 17.9 Å². The molecule has 0 aliphatic carbocycles. The van der Waals surface area contributed by atoms with E-state index in [1.807, 2.05) is 43.3 Å². The normalized spacial score (nSPS) is 11.2. The molecule has 0 heterocycles. The SMILES string of the molecule is CCCCOc1ccc(-c2ccccc2OS(=O)(=O)c2ccc(C)cc2)cc1. The Labute approximate surface area is 166 Å². The molecule has 146 valence electrons. The number of para-hydroxylation sites is 1. The van der Waals surface area contributed by atoms with Gasteiger partial charge in [-0.2, -0.15) is 8.42 Å². The zero-order chi connectivity index (χ0) is 20.0. The van der Waals surface area contributed by atoms with Crippen molar-refractivity contribution in [2.24, 2.45) is 0 Å². The Balaban J connectivity index is 1.84. The molecule has 0 amide bonds. The summed E-state index contributed by atoms with van der Waals surface area (Å²) in [5, 5.41) is 0. The third-order valence-corrected chi connectivity index (χ3v) is 5.58. The first kappa shape index (κ1) is 20.0. The third kappa shape index (κ3) is 4.93. The number of ether oxygens (including phenoxy) is 1. The lowest BCUT2D eigenvalue weighted by molar-refractivity contribution is 0.309. The van der Waals surface area contributed by atoms with Gasteiger partial charge in [0.25, 0.3) is 0 Å². The maximum atomic E-state index is 12.7. The molecule has 0 bridgehead atoms. The number of benzene rings is 3. The topological polar surface area (TPSA) is 52.6 Å². The molecule has 0 unspecified atom stereocenters. The number of hydrogen-bond acceptors (Lipinski definition) is 4. The molecule has 0 aliphatic rings. The fourth-order valence-corrected chi connectivity index (χ4v) is 3.66. The molecule has 4 nitrogen and oxygen atoms in total. The zero-order valence-corrected chi connectivity index (χ0v) is 16.9. The van der Waals surface area contributed by atoms with E-state index < -0.39 is 10.1 Å². The third-order valence-electron chi connectivity index (χ3n) is 4.33. The van der Waals surface area contributed by atoms with Gasteiger partial charge >= 0.3 is 10.1 Å². The minimum Gasteiger partial charge on any atom is -0.494 e. The van der Waals surface area contributed by atoms with Crippen LogP contribution in [0, 0.1) is 6.92 Å². The lowest BCUT2D eigenvalue weighted by atomic mass is 10.0. The van der Waals surface area contributed by atoms with Crippen LogP contribution in [0.4, 0.5) is 0 Å². The van der Waals surface area contributed by atoms with Crippen molar-refractivity contribution < 1.29 is 17.3 Å². The van der Waals surface area contributed by atoms with E-state index in [4.69, 9.17) is 8.92 Å². The highest BCUT2D eigenvalue weighted by atomic mass is 32.2. The highest BCUT2D eigenvalue weighted by molar-refractivity contribution is 7.87. The van der Waals surface area contributed by atoms with Crippen molar-refractivity contribution in [3.8, 4) is 22.6 Å². The van der Waals surface area contributed by atoms with Gasteiger partial charge in [-0.3, -0.25) is 0 Å². The highest BCUT2D eigenvalue weighted by Crippen LogP contribution is 2.33. The summed E-state index contributed by atoms with van der Waals surface area (Å²) in [6.45, 7) is 4.71. The van der Waals surface area contributed by atoms with Gasteiger partial charge < -0.3 is 8.92 Å². The summed E-state index contributed by atoms with van der Waals surface area (Å²) in [5.41, 5.74) is 2.55. The molecule has 3 rings (SSSR count). The zero-order valence-electron chi connectivity index (χ0n) is 16.1. The smallest absolute Gasteiger partial charge is 0.339 e. The molecule has 0 aromatic heterocycles. The molecule has 28 heavy (non-hydrogen) atoms. The van der Waals surface area contributed by atoms with Crippen molar-refractivity contribution in [1.82, 2.24) is 0 Å². The lowest BCUT2D eigenvalue weighted by Gasteiger charge is -2.12. The Hall–Kier alpha value is -2.79. The Morgan fingerprint density at radius 3 is 2.21 bits per heavy atom. The van der Waals surface area contributed by atoms with E-state index in [0.717, 1.165) is 29.7 Å². The standard InChI is InChI=1S/C23H24O4S/c1-3-4-17-26-20-13-11-19(12-14-20)22-7-5-6-8-23(22)27-28(24,25)21-15-9-18(2)10-16-21/h5-16H,3-4,17H2,1-2H3. The van der Waals surface area contributed by atoms with Crippen LogP contribution >= 0.6 is 0 Å². The molecule has 0 saturated carbocycles. The van der Waals surface area contributed by atoms with Gasteiger partial charge in [0.15, 0.2) is 5.75 Å². The van der Waals surface area contributed by atoms with Crippen molar-refractivity contribution >= 4 is 10.1 Å². The van der Waals surface area contributed by atoms with Gasteiger partial charge in [0, 0.05) is 5.56 Å². The second-order valence-corrected chi connectivity index (χ2v) is 8.12. The number of rotatable bonds is 8. The van der Waals surface area contributed by atoms with E-state index in [-0.39, 0.29) is 4.90 Å². The molecular weight excluding hydrogens is 372 g/mol. The number of aryl methyl sites for hydroxylation is 1. The Bertz CT molecular complexity index is 1010. The summed E-state index contributed by atoms with van der Waals surface area (Å²) in [6, 6.07) is 21.3. The summed E-state index contributed by atoms with van der Waals surface area (Å²) in [5.74, 6) is 1.09. The molecule has 0 fully saturated rings. The molecule has 3 aromatic carbocycles. The van der Waals surface area contributed by atoms with Crippen LogP contribution in [0.2, 0.25) is 0 Å². The number of unbranched alkanes of at least 4 members (excludes halogenated alkanes) is 1. The van der Waals surface area contributed by atoms with E-state index in [2.05, 4.69) is 6.92 Å². The maximum absolute atomic E-state index is 12.7. The highest BCUT2D eigenvalue weighted by Gasteiger charge is 2.18. The van der Waals surface area contributed by atoms with E-state index in [9.17, 15) is 8.42 Å². The first-order chi connectivity index (χ1) is 13.5. The average molecular weight is 397 g/mol. The van der Waals surface area contributed by atoms with Gasteiger partial charge in [0.2, 0.25) is 0 Å². The largest absolute Gasteiger partial charge is 0.494 e. The van der Waals surface area contributed by atoms with Gasteiger partial charge in [-0.05, 0) is 49.2 Å². The summed E-state index contributed by atoms with van der Waals surface area (Å²) in [7, 11) is -3.91. The van der Waals surface area contributed by atoms with Crippen LogP contribution in [0.15, 0.2) is 77.7 Å². The van der Waals surface area contributed by atoms with Gasteiger partial charge in [0.05, 0.1) is 6.61 Å². The first-order valence-electron chi connectivity index (χ1n) is 9.33. The molecule has 0 aliphatic heterocycles. The van der Waals surface area contributed by atoms with Crippen LogP contribution in [-0.2, 0) is 10.1 Å². The predicted molar refractivity (Wildman–Crippen MR) is 111 cm³/mol. The van der Waals surface area contributed by atoms with Crippen molar-refractivity contribution in [2.75, 3.05) is 6.61 Å². The molecule has 0 spiro atoms. The molecule has 0 N–H and O–H groups in total. The van der Waals surface area contributed by atoms with Crippen molar-refractivity contribution in [3.05, 3.63) is 78.4 Å². The van der Waals surface area contributed by atoms with Crippen LogP contribution in [0.25, 0.3) is 11.1 Å². The van der Waals surface area contributed by atoms with Gasteiger partial charge in [0.1, 0.15) is 10.6 Å². The molecule has 0 radical (unpaired) electrons. The summed E-state index contributed by atoms with van der Waals surface area (Å²) in [4.78, 5) is 0.132. The van der Waals surface area contributed by atoms with Crippen LogP contribution in [-0.4, -0.2) is 15.0 Å². The minimum absolute atomic E-state index is 0.132.